The van der Waals surface area contributed by atoms with Crippen LogP contribution in [0.3, 0.4) is 0 Å². The van der Waals surface area contributed by atoms with Crippen LogP contribution in [0, 0.1) is 5.92 Å². The molecule has 15 heavy (non-hydrogen) atoms. The van der Waals surface area contributed by atoms with E-state index in [9.17, 15) is 0 Å². The lowest BCUT2D eigenvalue weighted by Gasteiger charge is -2.35. The molecule has 0 bridgehead atoms. The number of rotatable bonds is 5. The van der Waals surface area contributed by atoms with E-state index < -0.39 is 0 Å². The second-order valence-corrected chi connectivity index (χ2v) is 5.32. The lowest BCUT2D eigenvalue weighted by molar-refractivity contribution is 0.176. The van der Waals surface area contributed by atoms with Gasteiger partial charge in [0, 0.05) is 31.7 Å². The predicted octanol–water partition coefficient (Wildman–Crippen LogP) is 0.668. The van der Waals surface area contributed by atoms with Crippen LogP contribution < -0.4 is 10.6 Å². The zero-order valence-electron chi connectivity index (χ0n) is 10.1. The quantitative estimate of drug-likeness (QED) is 0.700. The number of hydrogen-bond acceptors (Lipinski definition) is 3. The normalized spacial score (nSPS) is 25.8. The summed E-state index contributed by atoms with van der Waals surface area (Å²) in [6, 6.07) is 1.47. The average Bonchev–Trinajstić information content (AvgIpc) is 2.61. The highest BCUT2D eigenvalue weighted by Gasteiger charge is 2.26. The van der Waals surface area contributed by atoms with Crippen LogP contribution in [0.5, 0.6) is 0 Å². The number of hydrogen-bond donors (Lipinski definition) is 2. The molecule has 0 aliphatic carbocycles. The molecule has 0 aromatic rings. The van der Waals surface area contributed by atoms with Gasteiger partial charge in [-0.1, -0.05) is 13.8 Å². The summed E-state index contributed by atoms with van der Waals surface area (Å²) in [6.07, 6.45) is 2.79. The van der Waals surface area contributed by atoms with Crippen molar-refractivity contribution in [2.75, 3.05) is 32.7 Å². The molecular weight excluding hydrogens is 186 g/mol. The van der Waals surface area contributed by atoms with Crippen LogP contribution in [0.15, 0.2) is 0 Å². The van der Waals surface area contributed by atoms with Crippen molar-refractivity contribution in [3.8, 4) is 0 Å². The van der Waals surface area contributed by atoms with E-state index in [0.717, 1.165) is 31.1 Å². The fraction of sp³-hybridized carbons (Fsp3) is 1.00. The molecule has 1 unspecified atom stereocenters. The molecule has 0 aromatic carbocycles. The minimum absolute atomic E-state index is 0.730. The zero-order chi connectivity index (χ0) is 10.7. The summed E-state index contributed by atoms with van der Waals surface area (Å²) in [7, 11) is 0. The van der Waals surface area contributed by atoms with Crippen LogP contribution in [0.4, 0.5) is 0 Å². The third-order valence-corrected chi connectivity index (χ3v) is 3.78. The molecule has 0 spiro atoms. The Morgan fingerprint density at radius 1 is 1.27 bits per heavy atom. The third kappa shape index (κ3) is 2.92. The summed E-state index contributed by atoms with van der Waals surface area (Å²) in [5, 5.41) is 6.98. The van der Waals surface area contributed by atoms with Gasteiger partial charge in [-0.25, -0.2) is 0 Å². The molecule has 88 valence electrons. The van der Waals surface area contributed by atoms with E-state index in [1.807, 2.05) is 0 Å². The minimum Gasteiger partial charge on any atom is -0.314 e. The van der Waals surface area contributed by atoms with E-state index in [0.29, 0.717) is 0 Å². The van der Waals surface area contributed by atoms with Crippen molar-refractivity contribution in [2.45, 2.75) is 38.8 Å². The molecule has 2 rings (SSSR count). The molecule has 0 saturated carbocycles. The standard InChI is InChI=1S/C12H25N3/c1-10(2)12(15-5-3-4-6-15)9-14-11-7-13-8-11/h10-14H,3-9H2,1-2H3. The summed E-state index contributed by atoms with van der Waals surface area (Å²) in [6.45, 7) is 10.8. The monoisotopic (exact) mass is 211 g/mol. The van der Waals surface area contributed by atoms with E-state index in [1.54, 1.807) is 0 Å². The molecule has 2 aliphatic heterocycles. The van der Waals surface area contributed by atoms with Gasteiger partial charge in [0.2, 0.25) is 0 Å². The Morgan fingerprint density at radius 3 is 2.40 bits per heavy atom. The molecule has 0 aromatic heterocycles. The second kappa shape index (κ2) is 5.28. The first-order valence-corrected chi connectivity index (χ1v) is 6.45. The van der Waals surface area contributed by atoms with Gasteiger partial charge in [-0.2, -0.15) is 0 Å². The van der Waals surface area contributed by atoms with Crippen LogP contribution in [0.1, 0.15) is 26.7 Å². The summed E-state index contributed by atoms with van der Waals surface area (Å²) in [5.74, 6) is 0.767. The highest BCUT2D eigenvalue weighted by Crippen LogP contribution is 2.17. The first kappa shape index (κ1) is 11.4. The molecule has 0 radical (unpaired) electrons. The summed E-state index contributed by atoms with van der Waals surface area (Å²) in [5.41, 5.74) is 0. The van der Waals surface area contributed by atoms with Crippen molar-refractivity contribution in [1.82, 2.24) is 15.5 Å². The summed E-state index contributed by atoms with van der Waals surface area (Å²) < 4.78 is 0. The summed E-state index contributed by atoms with van der Waals surface area (Å²) >= 11 is 0. The zero-order valence-corrected chi connectivity index (χ0v) is 10.1. The molecule has 2 saturated heterocycles. The maximum absolute atomic E-state index is 3.67. The molecule has 3 heteroatoms. The predicted molar refractivity (Wildman–Crippen MR) is 64.1 cm³/mol. The van der Waals surface area contributed by atoms with Crippen molar-refractivity contribution in [1.29, 1.82) is 0 Å². The molecule has 1 atom stereocenters. The molecule has 2 fully saturated rings. The Hall–Kier alpha value is -0.120. The Morgan fingerprint density at radius 2 is 1.93 bits per heavy atom. The first-order valence-electron chi connectivity index (χ1n) is 6.45. The maximum atomic E-state index is 3.67. The van der Waals surface area contributed by atoms with Crippen molar-refractivity contribution in [3.63, 3.8) is 0 Å². The van der Waals surface area contributed by atoms with Crippen LogP contribution >= 0.6 is 0 Å². The summed E-state index contributed by atoms with van der Waals surface area (Å²) in [4.78, 5) is 2.67. The van der Waals surface area contributed by atoms with E-state index in [-0.39, 0.29) is 0 Å². The van der Waals surface area contributed by atoms with Crippen molar-refractivity contribution in [3.05, 3.63) is 0 Å². The average molecular weight is 211 g/mol. The van der Waals surface area contributed by atoms with E-state index in [1.165, 1.54) is 32.5 Å². The number of nitrogens with one attached hydrogen (secondary N) is 2. The minimum atomic E-state index is 0.730. The van der Waals surface area contributed by atoms with Gasteiger partial charge in [-0.3, -0.25) is 4.90 Å². The van der Waals surface area contributed by atoms with Gasteiger partial charge in [0.1, 0.15) is 0 Å². The van der Waals surface area contributed by atoms with Crippen LogP contribution in [0.25, 0.3) is 0 Å². The van der Waals surface area contributed by atoms with Crippen molar-refractivity contribution >= 4 is 0 Å². The number of nitrogens with zero attached hydrogens (tertiary/aromatic N) is 1. The number of likely N-dealkylation sites (tertiary alicyclic amines) is 1. The van der Waals surface area contributed by atoms with E-state index in [4.69, 9.17) is 0 Å². The molecule has 2 N–H and O–H groups in total. The van der Waals surface area contributed by atoms with E-state index in [2.05, 4.69) is 29.4 Å². The second-order valence-electron chi connectivity index (χ2n) is 5.32. The molecular formula is C12H25N3. The lowest BCUT2D eigenvalue weighted by Crippen LogP contribution is -2.58. The molecule has 2 heterocycles. The topological polar surface area (TPSA) is 27.3 Å². The third-order valence-electron chi connectivity index (χ3n) is 3.78. The highest BCUT2D eigenvalue weighted by atomic mass is 15.2. The van der Waals surface area contributed by atoms with Crippen LogP contribution in [0.2, 0.25) is 0 Å². The maximum Gasteiger partial charge on any atom is 0.0318 e. The van der Waals surface area contributed by atoms with Crippen LogP contribution in [-0.2, 0) is 0 Å². The fourth-order valence-electron chi connectivity index (χ4n) is 2.58. The lowest BCUT2D eigenvalue weighted by atomic mass is 10.0. The Bertz CT molecular complexity index is 183. The first-order chi connectivity index (χ1) is 7.27. The molecule has 3 nitrogen and oxygen atoms in total. The Balaban J connectivity index is 1.76. The van der Waals surface area contributed by atoms with Gasteiger partial charge >= 0.3 is 0 Å². The SMILES string of the molecule is CC(C)C(CNC1CNC1)N1CCCC1. The van der Waals surface area contributed by atoms with Crippen LogP contribution in [-0.4, -0.2) is 49.7 Å². The largest absolute Gasteiger partial charge is 0.314 e. The molecule has 0 amide bonds. The van der Waals surface area contributed by atoms with Crippen molar-refractivity contribution in [2.24, 2.45) is 5.92 Å². The van der Waals surface area contributed by atoms with Gasteiger partial charge in [0.05, 0.1) is 0 Å². The Kier molecular flexibility index (Phi) is 4.00. The van der Waals surface area contributed by atoms with Gasteiger partial charge in [-0.15, -0.1) is 0 Å². The molecule has 2 aliphatic rings. The van der Waals surface area contributed by atoms with Gasteiger partial charge in [0.25, 0.3) is 0 Å². The smallest absolute Gasteiger partial charge is 0.0318 e. The van der Waals surface area contributed by atoms with Gasteiger partial charge in [-0.05, 0) is 31.8 Å². The van der Waals surface area contributed by atoms with Gasteiger partial charge < -0.3 is 10.6 Å². The highest BCUT2D eigenvalue weighted by molar-refractivity contribution is 4.86. The van der Waals surface area contributed by atoms with E-state index >= 15 is 0 Å². The fourth-order valence-corrected chi connectivity index (χ4v) is 2.58. The van der Waals surface area contributed by atoms with Gasteiger partial charge in [0.15, 0.2) is 0 Å². The van der Waals surface area contributed by atoms with Crippen molar-refractivity contribution < 1.29 is 0 Å². The Labute approximate surface area is 93.6 Å².